The van der Waals surface area contributed by atoms with Crippen molar-refractivity contribution in [2.24, 2.45) is 40.0 Å². The number of fused-ring (bicyclic) bond motifs is 4. The zero-order valence-electron chi connectivity index (χ0n) is 76.7. The lowest BCUT2D eigenvalue weighted by Gasteiger charge is -2.40. The summed E-state index contributed by atoms with van der Waals surface area (Å²) in [4.78, 5) is 84.2. The largest absolute Gasteiger partial charge is 0.383 e. The molecule has 0 spiro atoms. The molecule has 0 atom stereocenters. The molecule has 1 aliphatic carbocycles. The third-order valence-corrected chi connectivity index (χ3v) is 30.2. The number of piperidine rings is 3. The molecule has 24 nitrogen and oxygen atoms in total. The summed E-state index contributed by atoms with van der Waals surface area (Å²) in [6.45, 7) is 16.5. The number of methoxy groups -OCH3 is 2. The van der Waals surface area contributed by atoms with E-state index in [2.05, 4.69) is 48.2 Å². The van der Waals surface area contributed by atoms with Crippen LogP contribution < -0.4 is 0 Å². The number of rotatable bonds is 18. The highest BCUT2D eigenvalue weighted by atomic mass is 35.5. The molecule has 4 saturated heterocycles. The lowest BCUT2D eigenvalue weighted by molar-refractivity contribution is 0.0350. The summed E-state index contributed by atoms with van der Waals surface area (Å²) in [6.07, 6.45) is 11.5. The maximum absolute atomic E-state index is 13.4. The number of hydrogen-bond donors (Lipinski definition) is 0. The van der Waals surface area contributed by atoms with E-state index in [4.69, 9.17) is 122 Å². The number of aryl methyl sites for hydroxylation is 8. The minimum atomic E-state index is -0.0954. The first-order chi connectivity index (χ1) is 63.7. The Labute approximate surface area is 815 Å². The Bertz CT molecular complexity index is 6670. The first-order valence-electron chi connectivity index (χ1n) is 44.6. The molecule has 0 N–H and O–H groups in total. The molecule has 0 unspecified atom stereocenters. The van der Waals surface area contributed by atoms with Crippen LogP contribution in [0.5, 0.6) is 0 Å². The molecule has 692 valence electrons. The van der Waals surface area contributed by atoms with Gasteiger partial charge in [0.15, 0.2) is 0 Å². The van der Waals surface area contributed by atoms with Crippen molar-refractivity contribution in [3.8, 4) is 24.3 Å². The summed E-state index contributed by atoms with van der Waals surface area (Å²) in [5, 5.41) is 40.7. The standard InChI is InChI=1S/C27H28Cl2N4O.C25H27Cl2N5O2.C25H27Cl2N5O.C24H24Cl2N4O2/c1-16-12-17(15-30)13-23-26(16)31-24(32(23)2)14-21-22(28)7-6-20(25(21)29)27(34)33-10-8-19(9-11-33)18-4-3-5-18;1-16-12-17(15-28)13-21-24(16)29-22(30(21)2)14-19-20(26)5-4-18(23(19)27)25(33)32-8-6-31(7-9-32)10-11-34-3;1-15-11-16(14-28)12-21-24(15)29-22(31(21)4)13-19-20(26)6-5-18(23(19)27)25(33)32-9-7-17(8-10-32)30(2)3;1-14-10-15(13-27)11-20-23(14)28-21(29(20)2)12-18-19(25)5-4-17(22(18)26)24(31)30-8-6-16(32-3)7-9-30/h6-7,12-13,18-19H,3-5,8-11,14H2,1-2H3;4-5,12-13H,6-11,14H2,1-3H3;5-6,11-12,17H,7-10,13H2,1-4H3;4-5,10-11,16H,6-9,12H2,1-3H3. The van der Waals surface area contributed by atoms with Crippen LogP contribution in [-0.2, 0) is 63.3 Å². The highest BCUT2D eigenvalue weighted by molar-refractivity contribution is 6.40. The third-order valence-electron chi connectivity index (χ3n) is 27.1. The minimum Gasteiger partial charge on any atom is -0.383 e. The zero-order valence-corrected chi connectivity index (χ0v) is 82.8. The summed E-state index contributed by atoms with van der Waals surface area (Å²) in [5.41, 5.74) is 17.6. The monoisotopic (exact) mass is 1950 g/mol. The van der Waals surface area contributed by atoms with Gasteiger partial charge < -0.3 is 52.2 Å². The molecule has 0 bridgehead atoms. The average molecular weight is 1950 g/mol. The van der Waals surface area contributed by atoms with Crippen molar-refractivity contribution in [1.82, 2.24) is 67.6 Å². The van der Waals surface area contributed by atoms with E-state index in [0.29, 0.717) is 185 Å². The number of amides is 4. The number of carbonyl (C=O) groups is 4. The molecule has 4 aromatic heterocycles. The van der Waals surface area contributed by atoms with Gasteiger partial charge in [-0.25, -0.2) is 19.9 Å². The van der Waals surface area contributed by atoms with E-state index in [-0.39, 0.29) is 29.7 Å². The molecule has 8 aromatic carbocycles. The summed E-state index contributed by atoms with van der Waals surface area (Å²) in [5.74, 6) is 4.42. The summed E-state index contributed by atoms with van der Waals surface area (Å²) >= 11 is 53.2. The molecule has 133 heavy (non-hydrogen) atoms. The number of aromatic nitrogens is 8. The number of imidazole rings is 4. The van der Waals surface area contributed by atoms with Crippen molar-refractivity contribution in [2.45, 2.75) is 123 Å². The van der Waals surface area contributed by atoms with Gasteiger partial charge in [-0.15, -0.1) is 0 Å². The number of carbonyl (C=O) groups excluding carboxylic acids is 4. The van der Waals surface area contributed by atoms with E-state index in [1.54, 1.807) is 62.8 Å². The first kappa shape index (κ1) is 98.6. The number of benzene rings is 8. The predicted molar refractivity (Wildman–Crippen MR) is 526 cm³/mol. The van der Waals surface area contributed by atoms with Crippen molar-refractivity contribution >= 4 is 161 Å². The van der Waals surface area contributed by atoms with Crippen LogP contribution in [0, 0.1) is 84.9 Å². The molecule has 1 saturated carbocycles. The second kappa shape index (κ2) is 43.1. The van der Waals surface area contributed by atoms with E-state index in [0.717, 1.165) is 173 Å². The van der Waals surface area contributed by atoms with Gasteiger partial charge in [0, 0.05) is 166 Å². The minimum absolute atomic E-state index is 0.0190. The van der Waals surface area contributed by atoms with Crippen LogP contribution in [0.2, 0.25) is 40.2 Å². The smallest absolute Gasteiger partial charge is 0.255 e. The molecule has 8 heterocycles. The molecule has 12 aromatic rings. The lowest BCUT2D eigenvalue weighted by atomic mass is 9.72. The van der Waals surface area contributed by atoms with E-state index in [1.165, 1.54) is 19.3 Å². The number of halogens is 8. The van der Waals surface area contributed by atoms with Gasteiger partial charge in [-0.2, -0.15) is 21.0 Å². The van der Waals surface area contributed by atoms with E-state index >= 15 is 0 Å². The van der Waals surface area contributed by atoms with E-state index < -0.39 is 0 Å². The molecule has 17 rings (SSSR count). The van der Waals surface area contributed by atoms with Gasteiger partial charge in [0.05, 0.1) is 146 Å². The van der Waals surface area contributed by atoms with Gasteiger partial charge in [0.1, 0.15) is 23.3 Å². The van der Waals surface area contributed by atoms with Gasteiger partial charge in [-0.1, -0.05) is 112 Å². The van der Waals surface area contributed by atoms with E-state index in [9.17, 15) is 40.2 Å². The normalized spacial score (nSPS) is 15.3. The number of piperazine rings is 1. The van der Waals surface area contributed by atoms with Crippen molar-refractivity contribution in [3.63, 3.8) is 0 Å². The fraction of sp³-hybridized carbons (Fsp3) is 0.406. The molecular weight excluding hydrogens is 1840 g/mol. The molecule has 4 amide bonds. The van der Waals surface area contributed by atoms with Crippen LogP contribution in [0.3, 0.4) is 0 Å². The van der Waals surface area contributed by atoms with Gasteiger partial charge in [0.2, 0.25) is 0 Å². The third kappa shape index (κ3) is 21.3. The highest BCUT2D eigenvalue weighted by Crippen LogP contribution is 2.42. The Morgan fingerprint density at radius 1 is 0.383 bits per heavy atom. The predicted octanol–water partition coefficient (Wildman–Crippen LogP) is 20.1. The maximum atomic E-state index is 13.4. The van der Waals surface area contributed by atoms with Gasteiger partial charge in [-0.05, 0) is 234 Å². The number of likely N-dealkylation sites (tertiary alicyclic amines) is 3. The summed E-state index contributed by atoms with van der Waals surface area (Å²) in [7, 11) is 15.2. The topological polar surface area (TPSA) is 273 Å². The molecule has 0 radical (unpaired) electrons. The fourth-order valence-corrected chi connectivity index (χ4v) is 21.0. The summed E-state index contributed by atoms with van der Waals surface area (Å²) < 4.78 is 18.4. The van der Waals surface area contributed by atoms with Crippen LogP contribution >= 0.6 is 92.8 Å². The molecule has 5 fully saturated rings. The number of hydrogen-bond acceptors (Lipinski definition) is 16. The molecule has 4 aliphatic heterocycles. The van der Waals surface area contributed by atoms with Crippen molar-refractivity contribution in [3.05, 3.63) is 250 Å². The maximum Gasteiger partial charge on any atom is 0.255 e. The molecular formula is C101H106Cl8N18O6. The van der Waals surface area contributed by atoms with Crippen molar-refractivity contribution in [1.29, 1.82) is 21.0 Å². The number of nitrogens with zero attached hydrogens (tertiary/aromatic N) is 18. The van der Waals surface area contributed by atoms with Crippen molar-refractivity contribution in [2.75, 3.05) is 107 Å². The number of ether oxygens (including phenoxy) is 2. The Morgan fingerprint density at radius 2 is 0.654 bits per heavy atom. The van der Waals surface area contributed by atoms with Crippen molar-refractivity contribution < 1.29 is 28.7 Å². The molecule has 5 aliphatic rings. The van der Waals surface area contributed by atoms with Crippen LogP contribution in [0.15, 0.2) is 97.1 Å². The lowest BCUT2D eigenvalue weighted by Crippen LogP contribution is -2.49. The van der Waals surface area contributed by atoms with Gasteiger partial charge in [0.25, 0.3) is 23.6 Å². The van der Waals surface area contributed by atoms with E-state index in [1.807, 2.05) is 142 Å². The average Bonchev–Trinajstić information content (AvgIpc) is 1.50. The van der Waals surface area contributed by atoms with Gasteiger partial charge in [-0.3, -0.25) is 24.1 Å². The highest BCUT2D eigenvalue weighted by Gasteiger charge is 2.36. The Balaban J connectivity index is 0.000000143. The Hall–Kier alpha value is -10.4. The Morgan fingerprint density at radius 3 is 0.910 bits per heavy atom. The zero-order chi connectivity index (χ0) is 95.2. The number of nitriles is 4. The van der Waals surface area contributed by atoms with Crippen LogP contribution in [0.4, 0.5) is 0 Å². The van der Waals surface area contributed by atoms with Crippen LogP contribution in [-0.4, -0.2) is 210 Å². The van der Waals surface area contributed by atoms with Crippen LogP contribution in [0.25, 0.3) is 44.1 Å². The SMILES string of the molecule is COC1CCN(C(=O)c2ccc(Cl)c(Cc3nc4c(C)cc(C#N)cc4n3C)c2Cl)CC1.COCCN1CCN(C(=O)c2ccc(Cl)c(Cc3nc4c(C)cc(C#N)cc4n3C)c2Cl)CC1.Cc1cc(C#N)cc2c1nc(Cc1c(Cl)ccc(C(=O)N3CCC(C4CCC4)CC3)c1Cl)n2C.Cc1cc(C#N)cc2c1nc(Cc1c(Cl)ccc(C(=O)N3CCC(N(C)C)CC3)c1Cl)n2C. The Kier molecular flexibility index (Phi) is 32.0. The fourth-order valence-electron chi connectivity index (χ4n) is 18.7. The first-order valence-corrected chi connectivity index (χ1v) is 47.7. The quantitative estimate of drug-likeness (QED) is 0.0772. The van der Waals surface area contributed by atoms with Crippen LogP contribution in [0.1, 0.15) is 189 Å². The van der Waals surface area contributed by atoms with Gasteiger partial charge >= 0.3 is 0 Å². The molecule has 32 heteroatoms. The second-order valence-corrected chi connectivity index (χ2v) is 38.5. The second-order valence-electron chi connectivity index (χ2n) is 35.4. The summed E-state index contributed by atoms with van der Waals surface area (Å²) in [6, 6.07) is 37.7.